The van der Waals surface area contributed by atoms with Crippen LogP contribution in [0.25, 0.3) is 0 Å². The molecule has 0 aliphatic heterocycles. The molecule has 0 fully saturated rings. The first-order chi connectivity index (χ1) is 8.20. The van der Waals surface area contributed by atoms with Crippen molar-refractivity contribution in [2.75, 3.05) is 0 Å². The highest BCUT2D eigenvalue weighted by Crippen LogP contribution is 2.35. The van der Waals surface area contributed by atoms with E-state index in [4.69, 9.17) is 5.26 Å². The predicted molar refractivity (Wildman–Crippen MR) is 64.0 cm³/mol. The van der Waals surface area contributed by atoms with Crippen molar-refractivity contribution in [1.29, 1.82) is 5.26 Å². The van der Waals surface area contributed by atoms with Crippen LogP contribution in [0, 0.1) is 21.4 Å². The standard InChI is InChI=1S/C10H5N3O2S2/c11-6-7-1-2-9(8(5-7)13(14)15)17-10-12-3-4-16-10/h1-5H. The lowest BCUT2D eigenvalue weighted by atomic mass is 10.2. The van der Waals surface area contributed by atoms with E-state index >= 15 is 0 Å². The van der Waals surface area contributed by atoms with Crippen LogP contribution in [0.2, 0.25) is 0 Å². The van der Waals surface area contributed by atoms with Gasteiger partial charge < -0.3 is 0 Å². The van der Waals surface area contributed by atoms with Crippen LogP contribution in [0.3, 0.4) is 0 Å². The zero-order valence-corrected chi connectivity index (χ0v) is 9.99. The van der Waals surface area contributed by atoms with Gasteiger partial charge in [0.15, 0.2) is 4.34 Å². The van der Waals surface area contributed by atoms with Crippen molar-refractivity contribution >= 4 is 28.8 Å². The molecular formula is C10H5N3O2S2. The van der Waals surface area contributed by atoms with Crippen LogP contribution in [0.4, 0.5) is 5.69 Å². The van der Waals surface area contributed by atoms with E-state index in [2.05, 4.69) is 4.98 Å². The molecule has 2 rings (SSSR count). The molecule has 0 amide bonds. The van der Waals surface area contributed by atoms with E-state index in [1.54, 1.807) is 23.7 Å². The summed E-state index contributed by atoms with van der Waals surface area (Å²) in [6, 6.07) is 6.29. The van der Waals surface area contributed by atoms with Gasteiger partial charge in [-0.2, -0.15) is 5.26 Å². The minimum Gasteiger partial charge on any atom is -0.258 e. The van der Waals surface area contributed by atoms with Gasteiger partial charge >= 0.3 is 0 Å². The molecule has 0 radical (unpaired) electrons. The lowest BCUT2D eigenvalue weighted by Gasteiger charge is -2.00. The van der Waals surface area contributed by atoms with Crippen molar-refractivity contribution in [3.8, 4) is 6.07 Å². The van der Waals surface area contributed by atoms with Crippen molar-refractivity contribution in [2.45, 2.75) is 9.24 Å². The molecule has 0 spiro atoms. The molecule has 1 aromatic heterocycles. The fourth-order valence-corrected chi connectivity index (χ4v) is 2.83. The Balaban J connectivity index is 2.40. The molecule has 1 heterocycles. The third kappa shape index (κ3) is 2.61. The summed E-state index contributed by atoms with van der Waals surface area (Å²) in [5.74, 6) is 0. The molecule has 0 atom stereocenters. The van der Waals surface area contributed by atoms with Gasteiger partial charge in [-0.05, 0) is 12.1 Å². The Hall–Kier alpha value is -1.91. The van der Waals surface area contributed by atoms with Gasteiger partial charge in [-0.3, -0.25) is 10.1 Å². The average Bonchev–Trinajstić information content (AvgIpc) is 2.82. The Bertz CT molecular complexity index is 590. The second-order valence-electron chi connectivity index (χ2n) is 2.95. The quantitative estimate of drug-likeness (QED) is 0.628. The van der Waals surface area contributed by atoms with Gasteiger partial charge in [0.2, 0.25) is 0 Å². The van der Waals surface area contributed by atoms with E-state index in [1.165, 1.54) is 29.2 Å². The molecule has 0 saturated heterocycles. The molecule has 0 unspecified atom stereocenters. The predicted octanol–water partition coefficient (Wildman–Crippen LogP) is 3.07. The van der Waals surface area contributed by atoms with Crippen molar-refractivity contribution < 1.29 is 4.92 Å². The maximum Gasteiger partial charge on any atom is 0.284 e. The highest BCUT2D eigenvalue weighted by atomic mass is 32.2. The Morgan fingerprint density at radius 2 is 2.35 bits per heavy atom. The Morgan fingerprint density at radius 1 is 1.53 bits per heavy atom. The Morgan fingerprint density at radius 3 is 2.94 bits per heavy atom. The largest absolute Gasteiger partial charge is 0.284 e. The summed E-state index contributed by atoms with van der Waals surface area (Å²) in [4.78, 5) is 14.9. The Kier molecular flexibility index (Phi) is 3.37. The van der Waals surface area contributed by atoms with E-state index in [0.717, 1.165) is 4.34 Å². The van der Waals surface area contributed by atoms with Crippen LogP contribution in [-0.2, 0) is 0 Å². The monoisotopic (exact) mass is 263 g/mol. The maximum atomic E-state index is 10.9. The van der Waals surface area contributed by atoms with Crippen molar-refractivity contribution in [2.24, 2.45) is 0 Å². The summed E-state index contributed by atoms with van der Waals surface area (Å²) >= 11 is 2.64. The molecule has 1 aromatic carbocycles. The summed E-state index contributed by atoms with van der Waals surface area (Å²) in [5.41, 5.74) is 0.212. The number of hydrogen-bond acceptors (Lipinski definition) is 6. The molecule has 5 nitrogen and oxygen atoms in total. The molecule has 84 valence electrons. The number of thiazole rings is 1. The maximum absolute atomic E-state index is 10.9. The molecule has 2 aromatic rings. The highest BCUT2D eigenvalue weighted by Gasteiger charge is 2.16. The van der Waals surface area contributed by atoms with Gasteiger partial charge in [-0.1, -0.05) is 11.8 Å². The second kappa shape index (κ2) is 4.95. The third-order valence-electron chi connectivity index (χ3n) is 1.89. The smallest absolute Gasteiger partial charge is 0.258 e. The van der Waals surface area contributed by atoms with Gasteiger partial charge in [0, 0.05) is 17.6 Å². The fraction of sp³-hybridized carbons (Fsp3) is 0. The highest BCUT2D eigenvalue weighted by molar-refractivity contribution is 8.01. The van der Waals surface area contributed by atoms with Crippen LogP contribution in [0.15, 0.2) is 39.0 Å². The zero-order chi connectivity index (χ0) is 12.3. The van der Waals surface area contributed by atoms with Gasteiger partial charge in [0.1, 0.15) is 0 Å². The normalized spacial score (nSPS) is 9.82. The number of aromatic nitrogens is 1. The number of benzene rings is 1. The first-order valence-corrected chi connectivity index (χ1v) is 6.16. The Labute approximate surface area is 105 Å². The van der Waals surface area contributed by atoms with Crippen LogP contribution in [0.1, 0.15) is 5.56 Å². The van der Waals surface area contributed by atoms with Crippen molar-refractivity contribution in [3.63, 3.8) is 0 Å². The van der Waals surface area contributed by atoms with E-state index in [0.29, 0.717) is 4.90 Å². The number of nitrogens with zero attached hydrogens (tertiary/aromatic N) is 3. The van der Waals surface area contributed by atoms with Gasteiger partial charge in [0.05, 0.1) is 21.5 Å². The number of rotatable bonds is 3. The lowest BCUT2D eigenvalue weighted by Crippen LogP contribution is -1.91. The molecule has 0 aliphatic carbocycles. The molecule has 0 bridgehead atoms. The summed E-state index contributed by atoms with van der Waals surface area (Å²) in [6.45, 7) is 0. The topological polar surface area (TPSA) is 79.8 Å². The van der Waals surface area contributed by atoms with E-state index in [1.807, 2.05) is 6.07 Å². The van der Waals surface area contributed by atoms with Crippen LogP contribution in [0.5, 0.6) is 0 Å². The first-order valence-electron chi connectivity index (χ1n) is 4.46. The SMILES string of the molecule is N#Cc1ccc(Sc2nccs2)c([N+](=O)[O-])c1. The summed E-state index contributed by atoms with van der Waals surface area (Å²) < 4.78 is 0.734. The van der Waals surface area contributed by atoms with E-state index < -0.39 is 4.92 Å². The van der Waals surface area contributed by atoms with Crippen LogP contribution >= 0.6 is 23.1 Å². The zero-order valence-electron chi connectivity index (χ0n) is 8.36. The summed E-state index contributed by atoms with van der Waals surface area (Å²) in [7, 11) is 0. The van der Waals surface area contributed by atoms with Gasteiger partial charge in [0.25, 0.3) is 5.69 Å². The fourth-order valence-electron chi connectivity index (χ4n) is 1.17. The third-order valence-corrected chi connectivity index (χ3v) is 3.84. The van der Waals surface area contributed by atoms with Crippen molar-refractivity contribution in [1.82, 2.24) is 4.98 Å². The van der Waals surface area contributed by atoms with Gasteiger partial charge in [-0.25, -0.2) is 4.98 Å². The first kappa shape index (κ1) is 11.6. The molecular weight excluding hydrogens is 258 g/mol. The molecule has 0 aliphatic rings. The minimum atomic E-state index is -0.489. The number of nitriles is 1. The molecule has 0 N–H and O–H groups in total. The van der Waals surface area contributed by atoms with E-state index in [9.17, 15) is 10.1 Å². The van der Waals surface area contributed by atoms with E-state index in [-0.39, 0.29) is 11.3 Å². The summed E-state index contributed by atoms with van der Waals surface area (Å²) in [6.07, 6.45) is 1.64. The van der Waals surface area contributed by atoms with Gasteiger partial charge in [-0.15, -0.1) is 11.3 Å². The summed E-state index contributed by atoms with van der Waals surface area (Å²) in [5, 5.41) is 21.4. The second-order valence-corrected chi connectivity index (χ2v) is 5.14. The molecule has 0 saturated carbocycles. The average molecular weight is 263 g/mol. The molecule has 7 heteroatoms. The van der Waals surface area contributed by atoms with Crippen LogP contribution in [-0.4, -0.2) is 9.91 Å². The minimum absolute atomic E-state index is 0.0655. The lowest BCUT2D eigenvalue weighted by molar-refractivity contribution is -0.387. The number of nitro benzene ring substituents is 1. The molecule has 17 heavy (non-hydrogen) atoms. The number of hydrogen-bond donors (Lipinski definition) is 0. The van der Waals surface area contributed by atoms with Crippen molar-refractivity contribution in [3.05, 3.63) is 45.5 Å². The van der Waals surface area contributed by atoms with Crippen LogP contribution < -0.4 is 0 Å². The number of nitro groups is 1.